The van der Waals surface area contributed by atoms with Crippen molar-refractivity contribution in [3.05, 3.63) is 66.0 Å². The Kier molecular flexibility index (Phi) is 6.88. The van der Waals surface area contributed by atoms with Crippen molar-refractivity contribution in [2.45, 2.75) is 38.6 Å². The van der Waals surface area contributed by atoms with Crippen molar-refractivity contribution in [1.82, 2.24) is 14.8 Å². The van der Waals surface area contributed by atoms with E-state index in [9.17, 15) is 4.79 Å². The van der Waals surface area contributed by atoms with Gasteiger partial charge in [-0.15, -0.1) is 16.7 Å². The fourth-order valence-corrected chi connectivity index (χ4v) is 3.31. The summed E-state index contributed by atoms with van der Waals surface area (Å²) in [6, 6.07) is 17.9. The van der Waals surface area contributed by atoms with Gasteiger partial charge in [-0.25, -0.2) is 4.57 Å². The maximum Gasteiger partial charge on any atom is 0.321 e. The zero-order valence-corrected chi connectivity index (χ0v) is 17.6. The highest BCUT2D eigenvalue weighted by molar-refractivity contribution is 6.32. The molecule has 6 nitrogen and oxygen atoms in total. The van der Waals surface area contributed by atoms with E-state index in [4.69, 9.17) is 16.3 Å². The molecular weight excluding hydrogens is 388 g/mol. The summed E-state index contributed by atoms with van der Waals surface area (Å²) in [6.07, 6.45) is 1.39. The molecule has 0 aliphatic carbocycles. The van der Waals surface area contributed by atoms with E-state index in [0.29, 0.717) is 18.3 Å². The van der Waals surface area contributed by atoms with Crippen LogP contribution in [0, 0.1) is 0 Å². The van der Waals surface area contributed by atoms with Crippen LogP contribution >= 0.6 is 11.6 Å². The molecule has 3 rings (SSSR count). The fourth-order valence-electron chi connectivity index (χ4n) is 3.19. The van der Waals surface area contributed by atoms with Gasteiger partial charge in [0.2, 0.25) is 5.91 Å². The van der Waals surface area contributed by atoms with Gasteiger partial charge in [0.1, 0.15) is 5.38 Å². The molecule has 0 saturated heterocycles. The Hall–Kier alpha value is -2.86. The van der Waals surface area contributed by atoms with Crippen LogP contribution in [-0.2, 0) is 17.8 Å². The van der Waals surface area contributed by atoms with E-state index < -0.39 is 5.38 Å². The lowest BCUT2D eigenvalue weighted by Crippen LogP contribution is -2.37. The SMILES string of the molecule is CCc1ccccc1-n1c(CN(C(=O)C(Cl)CC)c2ccccc2)nnc1OC. The van der Waals surface area contributed by atoms with Gasteiger partial charge in [0.05, 0.1) is 19.3 Å². The Morgan fingerprint density at radius 1 is 1.10 bits per heavy atom. The minimum absolute atomic E-state index is 0.169. The zero-order chi connectivity index (χ0) is 20.8. The van der Waals surface area contributed by atoms with E-state index in [1.54, 1.807) is 12.0 Å². The molecule has 1 atom stereocenters. The summed E-state index contributed by atoms with van der Waals surface area (Å²) in [4.78, 5) is 14.7. The van der Waals surface area contributed by atoms with Crippen molar-refractivity contribution in [3.63, 3.8) is 0 Å². The van der Waals surface area contributed by atoms with E-state index in [1.165, 1.54) is 0 Å². The average molecular weight is 413 g/mol. The first-order valence-corrected chi connectivity index (χ1v) is 10.1. The summed E-state index contributed by atoms with van der Waals surface area (Å²) in [6.45, 7) is 4.21. The standard InChI is InChI=1S/C22H25ClN4O2/c1-4-16-11-9-10-14-19(16)27-20(24-25-22(27)29-3)15-26(21(28)18(23)5-2)17-12-7-6-8-13-17/h6-14,18H,4-5,15H2,1-3H3. The van der Waals surface area contributed by atoms with Crippen molar-refractivity contribution >= 4 is 23.2 Å². The number of para-hydroxylation sites is 2. The number of methoxy groups -OCH3 is 1. The first-order chi connectivity index (χ1) is 14.1. The van der Waals surface area contributed by atoms with Gasteiger partial charge in [0.25, 0.3) is 0 Å². The second-order valence-electron chi connectivity index (χ2n) is 6.56. The molecular formula is C22H25ClN4O2. The Labute approximate surface area is 176 Å². The topological polar surface area (TPSA) is 60.2 Å². The summed E-state index contributed by atoms with van der Waals surface area (Å²) in [5, 5.41) is 7.89. The molecule has 7 heteroatoms. The summed E-state index contributed by atoms with van der Waals surface area (Å²) in [7, 11) is 1.56. The highest BCUT2D eigenvalue weighted by Crippen LogP contribution is 2.26. The number of anilines is 1. The molecule has 0 saturated carbocycles. The number of halogens is 1. The molecule has 0 fully saturated rings. The predicted octanol–water partition coefficient (Wildman–Crippen LogP) is 4.39. The quantitative estimate of drug-likeness (QED) is 0.515. The van der Waals surface area contributed by atoms with Crippen molar-refractivity contribution in [3.8, 4) is 11.7 Å². The van der Waals surface area contributed by atoms with Gasteiger partial charge in [-0.2, -0.15) is 0 Å². The van der Waals surface area contributed by atoms with Crippen molar-refractivity contribution in [1.29, 1.82) is 0 Å². The van der Waals surface area contributed by atoms with E-state index >= 15 is 0 Å². The van der Waals surface area contributed by atoms with Gasteiger partial charge in [0.15, 0.2) is 5.82 Å². The van der Waals surface area contributed by atoms with Crippen LogP contribution in [0.15, 0.2) is 54.6 Å². The van der Waals surface area contributed by atoms with Gasteiger partial charge < -0.3 is 9.64 Å². The molecule has 1 heterocycles. The van der Waals surface area contributed by atoms with Crippen LogP contribution in [0.25, 0.3) is 5.69 Å². The number of carbonyl (C=O) groups excluding carboxylic acids is 1. The van der Waals surface area contributed by atoms with Crippen LogP contribution in [0.2, 0.25) is 0 Å². The fraction of sp³-hybridized carbons (Fsp3) is 0.318. The van der Waals surface area contributed by atoms with Gasteiger partial charge >= 0.3 is 6.01 Å². The molecule has 2 aromatic carbocycles. The summed E-state index contributed by atoms with van der Waals surface area (Å²) in [5.41, 5.74) is 2.83. The Morgan fingerprint density at radius 2 is 1.79 bits per heavy atom. The smallest absolute Gasteiger partial charge is 0.321 e. The molecule has 152 valence electrons. The number of rotatable bonds is 8. The molecule has 0 bridgehead atoms. The average Bonchev–Trinajstić information content (AvgIpc) is 3.19. The van der Waals surface area contributed by atoms with Gasteiger partial charge in [-0.3, -0.25) is 4.79 Å². The molecule has 29 heavy (non-hydrogen) atoms. The number of amides is 1. The highest BCUT2D eigenvalue weighted by atomic mass is 35.5. The molecule has 0 aliphatic rings. The summed E-state index contributed by atoms with van der Waals surface area (Å²) >= 11 is 6.30. The Bertz CT molecular complexity index is 958. The lowest BCUT2D eigenvalue weighted by Gasteiger charge is -2.25. The molecule has 1 unspecified atom stereocenters. The maximum absolute atomic E-state index is 13.0. The summed E-state index contributed by atoms with van der Waals surface area (Å²) < 4.78 is 7.31. The number of aromatic nitrogens is 3. The minimum Gasteiger partial charge on any atom is -0.467 e. The Balaban J connectivity index is 2.07. The molecule has 0 aliphatic heterocycles. The largest absolute Gasteiger partial charge is 0.467 e. The van der Waals surface area contributed by atoms with Gasteiger partial charge in [-0.05, 0) is 36.6 Å². The number of aryl methyl sites for hydroxylation is 1. The van der Waals surface area contributed by atoms with Crippen LogP contribution in [-0.4, -0.2) is 33.2 Å². The van der Waals surface area contributed by atoms with Gasteiger partial charge in [-0.1, -0.05) is 55.3 Å². The second-order valence-corrected chi connectivity index (χ2v) is 7.08. The van der Waals surface area contributed by atoms with E-state index in [0.717, 1.165) is 23.4 Å². The normalized spacial score (nSPS) is 11.9. The number of alkyl halides is 1. The molecule has 0 N–H and O–H groups in total. The first kappa shape index (κ1) is 20.9. The highest BCUT2D eigenvalue weighted by Gasteiger charge is 2.26. The van der Waals surface area contributed by atoms with Crippen LogP contribution in [0.4, 0.5) is 5.69 Å². The molecule has 0 spiro atoms. The maximum atomic E-state index is 13.0. The van der Waals surface area contributed by atoms with Crippen LogP contribution in [0.3, 0.4) is 0 Å². The zero-order valence-electron chi connectivity index (χ0n) is 16.9. The monoisotopic (exact) mass is 412 g/mol. The summed E-state index contributed by atoms with van der Waals surface area (Å²) in [5.74, 6) is 0.428. The van der Waals surface area contributed by atoms with Crippen LogP contribution in [0.5, 0.6) is 6.01 Å². The van der Waals surface area contributed by atoms with Crippen LogP contribution < -0.4 is 9.64 Å². The Morgan fingerprint density at radius 3 is 2.45 bits per heavy atom. The molecule has 3 aromatic rings. The van der Waals surface area contributed by atoms with Crippen molar-refractivity contribution in [2.75, 3.05) is 12.0 Å². The predicted molar refractivity (Wildman–Crippen MR) is 115 cm³/mol. The minimum atomic E-state index is -0.614. The molecule has 1 aromatic heterocycles. The number of nitrogens with zero attached hydrogens (tertiary/aromatic N) is 4. The third kappa shape index (κ3) is 4.43. The number of benzene rings is 2. The third-order valence-electron chi connectivity index (χ3n) is 4.76. The number of ether oxygens (including phenoxy) is 1. The molecule has 1 amide bonds. The lowest BCUT2D eigenvalue weighted by molar-refractivity contribution is -0.118. The second kappa shape index (κ2) is 9.56. The first-order valence-electron chi connectivity index (χ1n) is 9.67. The number of carbonyl (C=O) groups is 1. The number of hydrogen-bond acceptors (Lipinski definition) is 4. The lowest BCUT2D eigenvalue weighted by atomic mass is 10.1. The van der Waals surface area contributed by atoms with Crippen LogP contribution in [0.1, 0.15) is 31.7 Å². The third-order valence-corrected chi connectivity index (χ3v) is 5.25. The molecule has 0 radical (unpaired) electrons. The van der Waals surface area contributed by atoms with E-state index in [1.807, 2.05) is 60.0 Å². The van der Waals surface area contributed by atoms with Crippen molar-refractivity contribution in [2.24, 2.45) is 0 Å². The van der Waals surface area contributed by atoms with Crippen molar-refractivity contribution < 1.29 is 9.53 Å². The van der Waals surface area contributed by atoms with Gasteiger partial charge in [0, 0.05) is 5.69 Å². The van der Waals surface area contributed by atoms with E-state index in [-0.39, 0.29) is 12.5 Å². The number of hydrogen-bond donors (Lipinski definition) is 0. The van der Waals surface area contributed by atoms with E-state index in [2.05, 4.69) is 23.2 Å².